The average Bonchev–Trinajstić information content (AvgIpc) is 2.46. The van der Waals surface area contributed by atoms with Crippen LogP contribution in [0.1, 0.15) is 28.9 Å². The predicted molar refractivity (Wildman–Crippen MR) is 86.1 cm³/mol. The van der Waals surface area contributed by atoms with Crippen LogP contribution in [0.4, 0.5) is 11.4 Å². The summed E-state index contributed by atoms with van der Waals surface area (Å²) in [4.78, 5) is 13.2. The van der Waals surface area contributed by atoms with Crippen LogP contribution < -0.4 is 10.6 Å². The van der Waals surface area contributed by atoms with Crippen molar-refractivity contribution < 1.29 is 9.90 Å². The minimum Gasteiger partial charge on any atom is -0.478 e. The van der Waals surface area contributed by atoms with Gasteiger partial charge in [0.05, 0.1) is 17.3 Å². The normalized spacial score (nSPS) is 12.0. The molecule has 0 saturated heterocycles. The quantitative estimate of drug-likeness (QED) is 0.843. The third kappa shape index (κ3) is 3.28. The lowest BCUT2D eigenvalue weighted by Gasteiger charge is -2.29. The van der Waals surface area contributed by atoms with Crippen LogP contribution in [0, 0.1) is 0 Å². The number of nitrogen functional groups attached to an aromatic ring is 1. The van der Waals surface area contributed by atoms with Gasteiger partial charge in [-0.1, -0.05) is 23.7 Å². The Bertz CT molecular complexity index is 656. The molecule has 4 nitrogen and oxygen atoms in total. The molecule has 2 aromatic carbocycles. The van der Waals surface area contributed by atoms with Crippen molar-refractivity contribution in [2.24, 2.45) is 0 Å². The minimum atomic E-state index is -0.972. The number of anilines is 2. The lowest BCUT2D eigenvalue weighted by Crippen LogP contribution is -2.24. The Morgan fingerprint density at radius 3 is 2.43 bits per heavy atom. The van der Waals surface area contributed by atoms with E-state index >= 15 is 0 Å². The largest absolute Gasteiger partial charge is 0.478 e. The molecule has 0 bridgehead atoms. The Labute approximate surface area is 128 Å². The van der Waals surface area contributed by atoms with Gasteiger partial charge in [0.15, 0.2) is 0 Å². The van der Waals surface area contributed by atoms with Crippen LogP contribution in [0.25, 0.3) is 0 Å². The molecule has 0 aliphatic carbocycles. The second-order valence-electron chi connectivity index (χ2n) is 4.92. The van der Waals surface area contributed by atoms with Crippen molar-refractivity contribution in [2.75, 3.05) is 17.7 Å². The molecule has 0 saturated carbocycles. The Morgan fingerprint density at radius 1 is 1.24 bits per heavy atom. The standard InChI is InChI=1S/C16H17ClN2O2/c1-10(11-3-5-12(17)6-4-11)19(2)15-9-13(18)7-8-14(15)16(20)21/h3-10H,18H2,1-2H3,(H,20,21). The number of aromatic carboxylic acids is 1. The number of carboxylic acid groups (broad SMARTS) is 1. The van der Waals surface area contributed by atoms with Crippen molar-refractivity contribution in [3.63, 3.8) is 0 Å². The monoisotopic (exact) mass is 304 g/mol. The fraction of sp³-hybridized carbons (Fsp3) is 0.188. The van der Waals surface area contributed by atoms with Crippen LogP contribution in [0.2, 0.25) is 5.02 Å². The molecule has 0 spiro atoms. The summed E-state index contributed by atoms with van der Waals surface area (Å²) in [6, 6.07) is 12.3. The summed E-state index contributed by atoms with van der Waals surface area (Å²) >= 11 is 5.89. The zero-order chi connectivity index (χ0) is 15.6. The van der Waals surface area contributed by atoms with E-state index in [-0.39, 0.29) is 11.6 Å². The van der Waals surface area contributed by atoms with Crippen molar-refractivity contribution in [1.82, 2.24) is 0 Å². The van der Waals surface area contributed by atoms with E-state index in [0.717, 1.165) is 5.56 Å². The van der Waals surface area contributed by atoms with Gasteiger partial charge in [-0.25, -0.2) is 4.79 Å². The first-order valence-corrected chi connectivity index (χ1v) is 6.89. The third-order valence-electron chi connectivity index (χ3n) is 3.57. The van der Waals surface area contributed by atoms with Crippen molar-refractivity contribution in [3.05, 3.63) is 58.6 Å². The molecule has 1 unspecified atom stereocenters. The molecule has 5 heteroatoms. The second kappa shape index (κ2) is 6.06. The molecule has 0 amide bonds. The van der Waals surface area contributed by atoms with E-state index in [4.69, 9.17) is 17.3 Å². The summed E-state index contributed by atoms with van der Waals surface area (Å²) in [5.41, 5.74) is 8.18. The number of halogens is 1. The molecule has 0 aliphatic rings. The van der Waals surface area contributed by atoms with Gasteiger partial charge in [0, 0.05) is 17.8 Å². The van der Waals surface area contributed by atoms with Gasteiger partial charge < -0.3 is 15.7 Å². The first kappa shape index (κ1) is 15.2. The lowest BCUT2D eigenvalue weighted by atomic mass is 10.0. The molecule has 2 rings (SSSR count). The molecule has 0 heterocycles. The SMILES string of the molecule is CC(c1ccc(Cl)cc1)N(C)c1cc(N)ccc1C(=O)O. The molecular weight excluding hydrogens is 288 g/mol. The fourth-order valence-corrected chi connectivity index (χ4v) is 2.32. The number of rotatable bonds is 4. The van der Waals surface area contributed by atoms with Gasteiger partial charge in [-0.2, -0.15) is 0 Å². The highest BCUT2D eigenvalue weighted by molar-refractivity contribution is 6.30. The maximum absolute atomic E-state index is 11.4. The van der Waals surface area contributed by atoms with Crippen LogP contribution in [-0.4, -0.2) is 18.1 Å². The van der Waals surface area contributed by atoms with Crippen LogP contribution in [0.3, 0.4) is 0 Å². The molecule has 1 atom stereocenters. The van der Waals surface area contributed by atoms with Gasteiger partial charge in [0.2, 0.25) is 0 Å². The topological polar surface area (TPSA) is 66.6 Å². The summed E-state index contributed by atoms with van der Waals surface area (Å²) < 4.78 is 0. The van der Waals surface area contributed by atoms with Crippen LogP contribution in [0.15, 0.2) is 42.5 Å². The van der Waals surface area contributed by atoms with Gasteiger partial charge in [-0.05, 0) is 42.8 Å². The predicted octanol–water partition coefficient (Wildman–Crippen LogP) is 3.82. The summed E-state index contributed by atoms with van der Waals surface area (Å²) in [7, 11) is 1.85. The van der Waals surface area contributed by atoms with Crippen molar-refractivity contribution in [1.29, 1.82) is 0 Å². The smallest absolute Gasteiger partial charge is 0.337 e. The number of carboxylic acids is 1. The fourth-order valence-electron chi connectivity index (χ4n) is 2.19. The summed E-state index contributed by atoms with van der Waals surface area (Å²) in [5, 5.41) is 9.98. The first-order chi connectivity index (χ1) is 9.90. The zero-order valence-corrected chi connectivity index (χ0v) is 12.6. The van der Waals surface area contributed by atoms with E-state index in [2.05, 4.69) is 0 Å². The van der Waals surface area contributed by atoms with E-state index in [9.17, 15) is 9.90 Å². The van der Waals surface area contributed by atoms with Crippen molar-refractivity contribution in [2.45, 2.75) is 13.0 Å². The summed E-state index contributed by atoms with van der Waals surface area (Å²) in [6.07, 6.45) is 0. The number of hydrogen-bond donors (Lipinski definition) is 2. The van der Waals surface area contributed by atoms with Crippen LogP contribution >= 0.6 is 11.6 Å². The number of hydrogen-bond acceptors (Lipinski definition) is 3. The van der Waals surface area contributed by atoms with Gasteiger partial charge >= 0.3 is 5.97 Å². The molecule has 0 aliphatic heterocycles. The molecule has 3 N–H and O–H groups in total. The average molecular weight is 305 g/mol. The lowest BCUT2D eigenvalue weighted by molar-refractivity contribution is 0.0697. The molecule has 2 aromatic rings. The minimum absolute atomic E-state index is 0.0119. The molecule has 0 aromatic heterocycles. The first-order valence-electron chi connectivity index (χ1n) is 6.51. The van der Waals surface area contributed by atoms with E-state index in [1.807, 2.05) is 43.1 Å². The van der Waals surface area contributed by atoms with Crippen molar-refractivity contribution >= 4 is 28.9 Å². The van der Waals surface area contributed by atoms with E-state index in [1.54, 1.807) is 12.1 Å². The molecule has 110 valence electrons. The maximum Gasteiger partial charge on any atom is 0.337 e. The molecular formula is C16H17ClN2O2. The van der Waals surface area contributed by atoms with Gasteiger partial charge in [-0.3, -0.25) is 0 Å². The highest BCUT2D eigenvalue weighted by atomic mass is 35.5. The Hall–Kier alpha value is -2.20. The van der Waals surface area contributed by atoms with Crippen LogP contribution in [0.5, 0.6) is 0 Å². The summed E-state index contributed by atoms with van der Waals surface area (Å²) in [5.74, 6) is -0.972. The highest BCUT2D eigenvalue weighted by Gasteiger charge is 2.18. The molecule has 21 heavy (non-hydrogen) atoms. The number of benzene rings is 2. The maximum atomic E-state index is 11.4. The second-order valence-corrected chi connectivity index (χ2v) is 5.36. The Morgan fingerprint density at radius 2 is 1.86 bits per heavy atom. The van der Waals surface area contributed by atoms with Crippen molar-refractivity contribution in [3.8, 4) is 0 Å². The number of nitrogens with two attached hydrogens (primary N) is 1. The molecule has 0 radical (unpaired) electrons. The zero-order valence-electron chi connectivity index (χ0n) is 11.9. The highest BCUT2D eigenvalue weighted by Crippen LogP contribution is 2.30. The Kier molecular flexibility index (Phi) is 4.38. The number of carbonyl (C=O) groups is 1. The summed E-state index contributed by atoms with van der Waals surface area (Å²) in [6.45, 7) is 2.00. The van der Waals surface area contributed by atoms with E-state index in [0.29, 0.717) is 16.4 Å². The number of nitrogens with zero attached hydrogens (tertiary/aromatic N) is 1. The molecule has 0 fully saturated rings. The van der Waals surface area contributed by atoms with E-state index in [1.165, 1.54) is 6.07 Å². The van der Waals surface area contributed by atoms with Gasteiger partial charge in [-0.15, -0.1) is 0 Å². The third-order valence-corrected chi connectivity index (χ3v) is 3.82. The Balaban J connectivity index is 2.39. The van der Waals surface area contributed by atoms with Crippen LogP contribution in [-0.2, 0) is 0 Å². The van der Waals surface area contributed by atoms with Gasteiger partial charge in [0.1, 0.15) is 0 Å². The van der Waals surface area contributed by atoms with E-state index < -0.39 is 5.97 Å². The van der Waals surface area contributed by atoms with Gasteiger partial charge in [0.25, 0.3) is 0 Å².